The van der Waals surface area contributed by atoms with Gasteiger partial charge in [-0.15, -0.1) is 0 Å². The van der Waals surface area contributed by atoms with E-state index in [9.17, 15) is 0 Å². The fraction of sp³-hybridized carbons (Fsp3) is 0.533. The van der Waals surface area contributed by atoms with Gasteiger partial charge in [0.25, 0.3) is 0 Å². The van der Waals surface area contributed by atoms with Crippen molar-refractivity contribution in [2.24, 2.45) is 15.8 Å². The molecule has 0 aromatic rings. The molecule has 0 rings (SSSR count). The van der Waals surface area contributed by atoms with Gasteiger partial charge in [-0.3, -0.25) is 4.99 Å². The fourth-order valence-corrected chi connectivity index (χ4v) is 1.56. The van der Waals surface area contributed by atoms with Gasteiger partial charge in [-0.2, -0.15) is 0 Å². The number of rotatable bonds is 3. The van der Waals surface area contributed by atoms with Gasteiger partial charge in [0.15, 0.2) is 0 Å². The molecule has 0 aromatic carbocycles. The first-order chi connectivity index (χ1) is 7.14. The molecule has 0 aliphatic rings. The summed E-state index contributed by atoms with van der Waals surface area (Å²) in [5.74, 6) is 0. The summed E-state index contributed by atoms with van der Waals surface area (Å²) >= 11 is 0. The Morgan fingerprint density at radius 1 is 0.938 bits per heavy atom. The van der Waals surface area contributed by atoms with Crippen molar-refractivity contribution >= 4 is 5.71 Å². The van der Waals surface area contributed by atoms with E-state index in [4.69, 9.17) is 0 Å². The van der Waals surface area contributed by atoms with Gasteiger partial charge in [0, 0.05) is 17.3 Å². The van der Waals surface area contributed by atoms with E-state index in [0.717, 1.165) is 5.71 Å². The lowest BCUT2D eigenvalue weighted by atomic mass is 9.74. The molecule has 0 radical (unpaired) electrons. The number of aliphatic imine (C=N–C) groups is 1. The molecule has 0 unspecified atom stereocenters. The Balaban J connectivity index is 5.67. The van der Waals surface area contributed by atoms with E-state index in [1.165, 1.54) is 5.57 Å². The summed E-state index contributed by atoms with van der Waals surface area (Å²) < 4.78 is 0. The quantitative estimate of drug-likeness (QED) is 0.478. The molecule has 1 heteroatoms. The lowest BCUT2D eigenvalue weighted by molar-refractivity contribution is 0.501. The first-order valence-electron chi connectivity index (χ1n) is 5.67. The minimum absolute atomic E-state index is 0.0102. The zero-order valence-corrected chi connectivity index (χ0v) is 11.6. The Labute approximate surface area is 101 Å². The van der Waals surface area contributed by atoms with Gasteiger partial charge in [0.2, 0.25) is 0 Å². The van der Waals surface area contributed by atoms with Gasteiger partial charge in [-0.05, 0) is 11.0 Å². The van der Waals surface area contributed by atoms with Gasteiger partial charge in [0.1, 0.15) is 0 Å². The van der Waals surface area contributed by atoms with Crippen LogP contribution in [0.3, 0.4) is 0 Å². The van der Waals surface area contributed by atoms with Crippen molar-refractivity contribution in [2.75, 3.05) is 0 Å². The maximum absolute atomic E-state index is 4.45. The zero-order chi connectivity index (χ0) is 13.0. The largest absolute Gasteiger partial charge is 0.261 e. The van der Waals surface area contributed by atoms with Crippen LogP contribution in [-0.2, 0) is 0 Å². The van der Waals surface area contributed by atoms with Gasteiger partial charge >= 0.3 is 0 Å². The molecule has 1 nitrogen and oxygen atoms in total. The van der Waals surface area contributed by atoms with E-state index in [2.05, 4.69) is 59.7 Å². The van der Waals surface area contributed by atoms with Crippen molar-refractivity contribution in [3.05, 3.63) is 37.1 Å². The normalized spacial score (nSPS) is 14.9. The van der Waals surface area contributed by atoms with Crippen LogP contribution in [0.1, 0.15) is 41.5 Å². The van der Waals surface area contributed by atoms with Crippen LogP contribution in [0.2, 0.25) is 0 Å². The summed E-state index contributed by atoms with van der Waals surface area (Å²) in [6.07, 6.45) is 5.49. The van der Waals surface area contributed by atoms with Crippen LogP contribution in [0.4, 0.5) is 0 Å². The molecule has 0 amide bonds. The maximum Gasteiger partial charge on any atom is 0.0494 e. The third-order valence-corrected chi connectivity index (χ3v) is 2.28. The van der Waals surface area contributed by atoms with Crippen molar-refractivity contribution in [3.8, 4) is 0 Å². The van der Waals surface area contributed by atoms with Crippen LogP contribution < -0.4 is 0 Å². The molecule has 0 bridgehead atoms. The summed E-state index contributed by atoms with van der Waals surface area (Å²) in [6.45, 7) is 20.5. The third-order valence-electron chi connectivity index (χ3n) is 2.28. The fourth-order valence-electron chi connectivity index (χ4n) is 1.56. The standard InChI is InChI=1S/C15H25N/c1-9-11-12(14(3,4)5)13(16-10-2)15(6,7)8/h9-11H,1-2H2,3-8H3/b12-11+,16-13?. The Hall–Kier alpha value is -1.11. The van der Waals surface area contributed by atoms with E-state index in [-0.39, 0.29) is 10.8 Å². The van der Waals surface area contributed by atoms with Gasteiger partial charge < -0.3 is 0 Å². The minimum Gasteiger partial charge on any atom is -0.261 e. The highest BCUT2D eigenvalue weighted by Crippen LogP contribution is 2.33. The number of allylic oxidation sites excluding steroid dienone is 3. The molecule has 0 heterocycles. The van der Waals surface area contributed by atoms with Crippen LogP contribution >= 0.6 is 0 Å². The summed E-state index contributed by atoms with van der Waals surface area (Å²) in [4.78, 5) is 4.45. The minimum atomic E-state index is 0.0102. The molecule has 16 heavy (non-hydrogen) atoms. The lowest BCUT2D eigenvalue weighted by Crippen LogP contribution is -2.28. The second-order valence-electron chi connectivity index (χ2n) is 5.98. The van der Waals surface area contributed by atoms with Gasteiger partial charge in [0.05, 0.1) is 0 Å². The summed E-state index contributed by atoms with van der Waals surface area (Å²) in [5, 5.41) is 0. The molecule has 0 aliphatic heterocycles. The number of hydrogen-bond donors (Lipinski definition) is 0. The van der Waals surface area contributed by atoms with Crippen molar-refractivity contribution in [2.45, 2.75) is 41.5 Å². The van der Waals surface area contributed by atoms with Crippen molar-refractivity contribution in [1.82, 2.24) is 0 Å². The topological polar surface area (TPSA) is 12.4 Å². The molecular formula is C15H25N. The molecule has 0 saturated carbocycles. The molecule has 0 atom stereocenters. The van der Waals surface area contributed by atoms with Gasteiger partial charge in [-0.25, -0.2) is 0 Å². The highest BCUT2D eigenvalue weighted by Gasteiger charge is 2.28. The molecule has 0 aromatic heterocycles. The predicted octanol–water partition coefficient (Wildman–Crippen LogP) is 4.78. The predicted molar refractivity (Wildman–Crippen MR) is 74.8 cm³/mol. The molecular weight excluding hydrogens is 194 g/mol. The zero-order valence-electron chi connectivity index (χ0n) is 11.6. The molecule has 90 valence electrons. The van der Waals surface area contributed by atoms with E-state index < -0.39 is 0 Å². The highest BCUT2D eigenvalue weighted by atomic mass is 14.7. The van der Waals surface area contributed by atoms with E-state index in [0.29, 0.717) is 0 Å². The second kappa shape index (κ2) is 5.29. The van der Waals surface area contributed by atoms with Crippen LogP contribution in [0.15, 0.2) is 42.1 Å². The highest BCUT2D eigenvalue weighted by molar-refractivity contribution is 6.05. The van der Waals surface area contributed by atoms with Crippen LogP contribution in [0.25, 0.3) is 0 Å². The molecule has 0 spiro atoms. The van der Waals surface area contributed by atoms with E-state index >= 15 is 0 Å². The number of hydrogen-bond acceptors (Lipinski definition) is 1. The SMILES string of the molecule is C=C/C=C(\C(=NC=C)C(C)(C)C)C(C)(C)C. The average molecular weight is 219 g/mol. The summed E-state index contributed by atoms with van der Waals surface area (Å²) in [6, 6.07) is 0. The third kappa shape index (κ3) is 4.18. The smallest absolute Gasteiger partial charge is 0.0494 e. The average Bonchev–Trinajstić information content (AvgIpc) is 2.07. The summed E-state index contributed by atoms with van der Waals surface area (Å²) in [7, 11) is 0. The van der Waals surface area contributed by atoms with Crippen molar-refractivity contribution in [1.29, 1.82) is 0 Å². The first-order valence-corrected chi connectivity index (χ1v) is 5.67. The number of nitrogens with zero attached hydrogens (tertiary/aromatic N) is 1. The monoisotopic (exact) mass is 219 g/mol. The van der Waals surface area contributed by atoms with Crippen LogP contribution in [0.5, 0.6) is 0 Å². The Morgan fingerprint density at radius 3 is 1.69 bits per heavy atom. The Kier molecular flexibility index (Phi) is 4.92. The Bertz CT molecular complexity index is 282. The summed E-state index contributed by atoms with van der Waals surface area (Å²) in [5.41, 5.74) is 2.37. The van der Waals surface area contributed by atoms with Gasteiger partial charge in [-0.1, -0.05) is 66.9 Å². The first kappa shape index (κ1) is 14.9. The molecule has 0 saturated heterocycles. The maximum atomic E-state index is 4.45. The second-order valence-corrected chi connectivity index (χ2v) is 5.98. The van der Waals surface area contributed by atoms with E-state index in [1.54, 1.807) is 6.20 Å². The van der Waals surface area contributed by atoms with Crippen molar-refractivity contribution < 1.29 is 0 Å². The van der Waals surface area contributed by atoms with Crippen LogP contribution in [0, 0.1) is 10.8 Å². The molecule has 0 fully saturated rings. The van der Waals surface area contributed by atoms with E-state index in [1.807, 2.05) is 12.2 Å². The molecule has 0 aliphatic carbocycles. The van der Waals surface area contributed by atoms with Crippen LogP contribution in [-0.4, -0.2) is 5.71 Å². The lowest BCUT2D eigenvalue weighted by Gasteiger charge is -2.31. The molecule has 0 N–H and O–H groups in total. The van der Waals surface area contributed by atoms with Crippen molar-refractivity contribution in [3.63, 3.8) is 0 Å². The Morgan fingerprint density at radius 2 is 1.44 bits per heavy atom.